The highest BCUT2D eigenvalue weighted by molar-refractivity contribution is 6.33. The Morgan fingerprint density at radius 1 is 1.36 bits per heavy atom. The first-order valence-electron chi connectivity index (χ1n) is 8.48. The molecular formula is C18H22ClN3O3. The minimum absolute atomic E-state index is 0.165. The van der Waals surface area contributed by atoms with Gasteiger partial charge in [-0.25, -0.2) is 14.5 Å². The predicted octanol–water partition coefficient (Wildman–Crippen LogP) is 3.67. The minimum Gasteiger partial charge on any atom is -0.349 e. The number of halogens is 1. The molecule has 0 saturated heterocycles. The summed E-state index contributed by atoms with van der Waals surface area (Å²) in [5, 5.41) is 7.64. The molecule has 0 aliphatic heterocycles. The Kier molecular flexibility index (Phi) is 6.07. The van der Waals surface area contributed by atoms with Crippen LogP contribution in [0.3, 0.4) is 0 Å². The van der Waals surface area contributed by atoms with Crippen molar-refractivity contribution in [2.45, 2.75) is 44.8 Å². The SMILES string of the molecule is COOCc1cccc(-n2ncc(C(=O)NC3CCCCC3)c2Cl)c1. The Morgan fingerprint density at radius 3 is 2.92 bits per heavy atom. The normalized spacial score (nSPS) is 15.3. The van der Waals surface area contributed by atoms with Gasteiger partial charge in [0.25, 0.3) is 5.91 Å². The highest BCUT2D eigenvalue weighted by Gasteiger charge is 2.21. The molecule has 0 bridgehead atoms. The van der Waals surface area contributed by atoms with Gasteiger partial charge in [0.15, 0.2) is 0 Å². The van der Waals surface area contributed by atoms with Gasteiger partial charge in [-0.05, 0) is 30.5 Å². The Balaban J connectivity index is 1.75. The molecule has 1 aromatic heterocycles. The molecular weight excluding hydrogens is 342 g/mol. The van der Waals surface area contributed by atoms with Gasteiger partial charge in [-0.15, -0.1) is 0 Å². The van der Waals surface area contributed by atoms with Crippen molar-refractivity contribution in [3.8, 4) is 5.69 Å². The number of benzene rings is 1. The fraction of sp³-hybridized carbons (Fsp3) is 0.444. The van der Waals surface area contributed by atoms with E-state index in [4.69, 9.17) is 16.5 Å². The molecule has 1 heterocycles. The zero-order valence-corrected chi connectivity index (χ0v) is 15.0. The largest absolute Gasteiger partial charge is 0.349 e. The second-order valence-electron chi connectivity index (χ2n) is 6.17. The van der Waals surface area contributed by atoms with E-state index in [9.17, 15) is 4.79 Å². The monoisotopic (exact) mass is 363 g/mol. The molecule has 2 aromatic rings. The van der Waals surface area contributed by atoms with E-state index >= 15 is 0 Å². The van der Waals surface area contributed by atoms with Crippen LogP contribution in [0, 0.1) is 0 Å². The molecule has 1 saturated carbocycles. The summed E-state index contributed by atoms with van der Waals surface area (Å²) < 4.78 is 1.55. The summed E-state index contributed by atoms with van der Waals surface area (Å²) in [4.78, 5) is 22.1. The molecule has 7 heteroatoms. The lowest BCUT2D eigenvalue weighted by Crippen LogP contribution is -2.36. The molecule has 1 aliphatic rings. The number of carbonyl (C=O) groups is 1. The van der Waals surface area contributed by atoms with Gasteiger partial charge in [-0.2, -0.15) is 5.10 Å². The maximum absolute atomic E-state index is 12.5. The second kappa shape index (κ2) is 8.47. The first-order chi connectivity index (χ1) is 12.2. The van der Waals surface area contributed by atoms with Crippen molar-refractivity contribution in [1.82, 2.24) is 15.1 Å². The summed E-state index contributed by atoms with van der Waals surface area (Å²) in [6.07, 6.45) is 7.13. The van der Waals surface area contributed by atoms with E-state index in [1.165, 1.54) is 19.7 Å². The fourth-order valence-corrected chi connectivity index (χ4v) is 3.36. The van der Waals surface area contributed by atoms with Crippen LogP contribution in [-0.2, 0) is 16.4 Å². The molecule has 1 N–H and O–H groups in total. The lowest BCUT2D eigenvalue weighted by Gasteiger charge is -2.22. The highest BCUT2D eigenvalue weighted by atomic mass is 35.5. The van der Waals surface area contributed by atoms with Crippen molar-refractivity contribution in [3.63, 3.8) is 0 Å². The quantitative estimate of drug-likeness (QED) is 0.628. The van der Waals surface area contributed by atoms with Crippen LogP contribution >= 0.6 is 11.6 Å². The van der Waals surface area contributed by atoms with Crippen molar-refractivity contribution in [1.29, 1.82) is 0 Å². The summed E-state index contributed by atoms with van der Waals surface area (Å²) in [6, 6.07) is 7.79. The molecule has 1 aromatic carbocycles. The second-order valence-corrected chi connectivity index (χ2v) is 6.53. The summed E-state index contributed by atoms with van der Waals surface area (Å²) in [5.74, 6) is -0.165. The molecule has 6 nitrogen and oxygen atoms in total. The number of nitrogens with zero attached hydrogens (tertiary/aromatic N) is 2. The van der Waals surface area contributed by atoms with Crippen LogP contribution in [0.2, 0.25) is 5.15 Å². The van der Waals surface area contributed by atoms with Gasteiger partial charge in [0.2, 0.25) is 0 Å². The predicted molar refractivity (Wildman–Crippen MR) is 94.7 cm³/mol. The van der Waals surface area contributed by atoms with Crippen LogP contribution < -0.4 is 5.32 Å². The topological polar surface area (TPSA) is 65.4 Å². The van der Waals surface area contributed by atoms with Crippen LogP contribution in [-0.4, -0.2) is 28.8 Å². The number of hydrogen-bond donors (Lipinski definition) is 1. The third-order valence-electron chi connectivity index (χ3n) is 4.39. The smallest absolute Gasteiger partial charge is 0.256 e. The van der Waals surface area contributed by atoms with Crippen LogP contribution in [0.1, 0.15) is 48.0 Å². The number of nitrogens with one attached hydrogen (secondary N) is 1. The number of amides is 1. The molecule has 0 unspecified atom stereocenters. The van der Waals surface area contributed by atoms with Crippen molar-refractivity contribution < 1.29 is 14.6 Å². The first kappa shape index (κ1) is 17.9. The molecule has 1 fully saturated rings. The van der Waals surface area contributed by atoms with Gasteiger partial charge in [-0.1, -0.05) is 43.0 Å². The Bertz CT molecular complexity index is 726. The van der Waals surface area contributed by atoms with Crippen molar-refractivity contribution in [3.05, 3.63) is 46.7 Å². The highest BCUT2D eigenvalue weighted by Crippen LogP contribution is 2.23. The van der Waals surface area contributed by atoms with Gasteiger partial charge in [0, 0.05) is 6.04 Å². The summed E-state index contributed by atoms with van der Waals surface area (Å²) in [5.41, 5.74) is 2.07. The number of carbonyl (C=O) groups excluding carboxylic acids is 1. The molecule has 1 aliphatic carbocycles. The van der Waals surface area contributed by atoms with E-state index in [0.717, 1.165) is 36.9 Å². The molecule has 25 heavy (non-hydrogen) atoms. The molecule has 3 rings (SSSR count). The number of rotatable bonds is 6. The summed E-state index contributed by atoms with van der Waals surface area (Å²) in [7, 11) is 1.46. The van der Waals surface area contributed by atoms with Crippen LogP contribution in [0.5, 0.6) is 0 Å². The fourth-order valence-electron chi connectivity index (χ4n) is 3.08. The molecule has 0 atom stereocenters. The molecule has 1 amide bonds. The zero-order valence-electron chi connectivity index (χ0n) is 14.2. The maximum atomic E-state index is 12.5. The third-order valence-corrected chi connectivity index (χ3v) is 4.76. The Hall–Kier alpha value is -1.89. The Morgan fingerprint density at radius 2 is 2.16 bits per heavy atom. The lowest BCUT2D eigenvalue weighted by atomic mass is 9.95. The van der Waals surface area contributed by atoms with Crippen LogP contribution in [0.25, 0.3) is 5.69 Å². The standard InChI is InChI=1S/C18H22ClN3O3/c1-24-25-12-13-6-5-9-15(10-13)22-17(19)16(11-20-22)18(23)21-14-7-3-2-4-8-14/h5-6,9-11,14H,2-4,7-8,12H2,1H3,(H,21,23). The number of aromatic nitrogens is 2. The minimum atomic E-state index is -0.165. The van der Waals surface area contributed by atoms with Crippen molar-refractivity contribution in [2.24, 2.45) is 0 Å². The first-order valence-corrected chi connectivity index (χ1v) is 8.86. The molecule has 0 radical (unpaired) electrons. The van der Waals surface area contributed by atoms with E-state index in [1.807, 2.05) is 24.3 Å². The van der Waals surface area contributed by atoms with Gasteiger partial charge in [-0.3, -0.25) is 4.79 Å². The molecule has 134 valence electrons. The average molecular weight is 364 g/mol. The molecule has 0 spiro atoms. The van der Waals surface area contributed by atoms with Gasteiger partial charge >= 0.3 is 0 Å². The Labute approximate surface area is 152 Å². The average Bonchev–Trinajstić information content (AvgIpc) is 3.02. The van der Waals surface area contributed by atoms with Crippen molar-refractivity contribution in [2.75, 3.05) is 7.11 Å². The van der Waals surface area contributed by atoms with Crippen LogP contribution in [0.15, 0.2) is 30.5 Å². The third kappa shape index (κ3) is 4.39. The van der Waals surface area contributed by atoms with Gasteiger partial charge in [0.05, 0.1) is 24.6 Å². The van der Waals surface area contributed by atoms with E-state index in [-0.39, 0.29) is 11.9 Å². The zero-order chi connectivity index (χ0) is 17.6. The maximum Gasteiger partial charge on any atom is 0.256 e. The van der Waals surface area contributed by atoms with Gasteiger partial charge < -0.3 is 5.32 Å². The lowest BCUT2D eigenvalue weighted by molar-refractivity contribution is -0.282. The summed E-state index contributed by atoms with van der Waals surface area (Å²) in [6.45, 7) is 0.318. The van der Waals surface area contributed by atoms with E-state index < -0.39 is 0 Å². The van der Waals surface area contributed by atoms with Gasteiger partial charge in [0.1, 0.15) is 11.8 Å². The van der Waals surface area contributed by atoms with E-state index in [2.05, 4.69) is 15.3 Å². The van der Waals surface area contributed by atoms with E-state index in [0.29, 0.717) is 17.3 Å². The summed E-state index contributed by atoms with van der Waals surface area (Å²) >= 11 is 6.41. The van der Waals surface area contributed by atoms with E-state index in [1.54, 1.807) is 4.68 Å². The van der Waals surface area contributed by atoms with Crippen LogP contribution in [0.4, 0.5) is 0 Å². The number of hydrogen-bond acceptors (Lipinski definition) is 4. The van der Waals surface area contributed by atoms with Crippen molar-refractivity contribution >= 4 is 17.5 Å².